The van der Waals surface area contributed by atoms with Crippen molar-refractivity contribution in [3.05, 3.63) is 0 Å². The summed E-state index contributed by atoms with van der Waals surface area (Å²) < 4.78 is 15.0. The number of epoxide rings is 1. The Balaban J connectivity index is 1.87. The second-order valence-electron chi connectivity index (χ2n) is 2.40. The largest absolute Gasteiger partial charge is 0.367 e. The van der Waals surface area contributed by atoms with E-state index in [-0.39, 0.29) is 0 Å². The first kappa shape index (κ1) is 7.98. The van der Waals surface area contributed by atoms with Gasteiger partial charge in [0.15, 0.2) is 0 Å². The molecule has 0 saturated carbocycles. The highest BCUT2D eigenvalue weighted by atomic mass is 16.7. The molecule has 1 fully saturated rings. The van der Waals surface area contributed by atoms with E-state index in [1.54, 1.807) is 7.11 Å². The number of ether oxygens (including phenoxy) is 3. The fourth-order valence-corrected chi connectivity index (χ4v) is 0.932. The van der Waals surface area contributed by atoms with Gasteiger partial charge in [-0.2, -0.15) is 0 Å². The van der Waals surface area contributed by atoms with Gasteiger partial charge < -0.3 is 14.2 Å². The number of methoxy groups -OCH3 is 1. The van der Waals surface area contributed by atoms with Crippen LogP contribution in [0.15, 0.2) is 0 Å². The molecule has 1 aliphatic heterocycles. The molecule has 0 spiro atoms. The molecule has 3 nitrogen and oxygen atoms in total. The molecule has 2 atom stereocenters. The number of hydrogen-bond acceptors (Lipinski definition) is 3. The van der Waals surface area contributed by atoms with E-state index in [4.69, 9.17) is 14.2 Å². The summed E-state index contributed by atoms with van der Waals surface area (Å²) in [6.45, 7) is 3.16. The van der Waals surface area contributed by atoms with Crippen LogP contribution in [-0.4, -0.2) is 32.7 Å². The molecule has 0 aliphatic carbocycles. The van der Waals surface area contributed by atoms with Crippen LogP contribution in [0.1, 0.15) is 13.3 Å². The molecule has 60 valence electrons. The van der Waals surface area contributed by atoms with Gasteiger partial charge in [0.2, 0.25) is 0 Å². The minimum atomic E-state index is 0.333. The third-order valence-electron chi connectivity index (χ3n) is 1.57. The van der Waals surface area contributed by atoms with Gasteiger partial charge in [-0.3, -0.25) is 0 Å². The molecule has 10 heavy (non-hydrogen) atoms. The average Bonchev–Trinajstić information content (AvgIpc) is 2.68. The maximum absolute atomic E-state index is 5.23. The van der Waals surface area contributed by atoms with Crippen LogP contribution >= 0.6 is 0 Å². The SMILES string of the molecule is CC[C@H]1O[C@H]1COCOC. The standard InChI is InChI=1S/C7H14O3/c1-3-6-7(10-6)4-9-5-8-2/h6-7H,3-5H2,1-2H3/t6-,7+/m1/s1. The molecule has 0 bridgehead atoms. The van der Waals surface area contributed by atoms with E-state index in [1.165, 1.54) is 0 Å². The van der Waals surface area contributed by atoms with Gasteiger partial charge >= 0.3 is 0 Å². The van der Waals surface area contributed by atoms with E-state index in [0.717, 1.165) is 6.42 Å². The predicted octanol–water partition coefficient (Wildman–Crippen LogP) is 0.784. The summed E-state index contributed by atoms with van der Waals surface area (Å²) in [5.41, 5.74) is 0. The van der Waals surface area contributed by atoms with Crippen molar-refractivity contribution in [3.8, 4) is 0 Å². The zero-order valence-corrected chi connectivity index (χ0v) is 6.50. The lowest BCUT2D eigenvalue weighted by atomic mass is 10.3. The Bertz CT molecular complexity index is 94.9. The molecule has 0 amide bonds. The van der Waals surface area contributed by atoms with Crippen LogP contribution in [0.3, 0.4) is 0 Å². The average molecular weight is 146 g/mol. The maximum atomic E-state index is 5.23. The summed E-state index contributed by atoms with van der Waals surface area (Å²) in [5.74, 6) is 0. The van der Waals surface area contributed by atoms with E-state index < -0.39 is 0 Å². The number of rotatable bonds is 5. The second-order valence-corrected chi connectivity index (χ2v) is 2.40. The van der Waals surface area contributed by atoms with Crippen molar-refractivity contribution in [2.45, 2.75) is 25.6 Å². The highest BCUT2D eigenvalue weighted by Crippen LogP contribution is 2.24. The Morgan fingerprint density at radius 1 is 1.40 bits per heavy atom. The monoisotopic (exact) mass is 146 g/mol. The molecule has 1 saturated heterocycles. The van der Waals surface area contributed by atoms with Crippen molar-refractivity contribution in [2.24, 2.45) is 0 Å². The van der Waals surface area contributed by atoms with Crippen LogP contribution in [0.5, 0.6) is 0 Å². The van der Waals surface area contributed by atoms with Gasteiger partial charge in [-0.1, -0.05) is 6.92 Å². The maximum Gasteiger partial charge on any atom is 0.146 e. The molecule has 0 aromatic carbocycles. The van der Waals surface area contributed by atoms with E-state index in [9.17, 15) is 0 Å². The van der Waals surface area contributed by atoms with Crippen molar-refractivity contribution < 1.29 is 14.2 Å². The van der Waals surface area contributed by atoms with Crippen LogP contribution < -0.4 is 0 Å². The topological polar surface area (TPSA) is 31.0 Å². The summed E-state index contributed by atoms with van der Waals surface area (Å²) in [5, 5.41) is 0. The normalized spacial score (nSPS) is 30.6. The van der Waals surface area contributed by atoms with Crippen LogP contribution in [0, 0.1) is 0 Å². The first-order valence-electron chi connectivity index (χ1n) is 3.60. The Labute approximate surface area is 61.3 Å². The fourth-order valence-electron chi connectivity index (χ4n) is 0.932. The fraction of sp³-hybridized carbons (Fsp3) is 1.00. The molecular formula is C7H14O3. The quantitative estimate of drug-likeness (QED) is 0.326. The van der Waals surface area contributed by atoms with E-state index in [0.29, 0.717) is 25.6 Å². The third kappa shape index (κ3) is 2.25. The van der Waals surface area contributed by atoms with Gasteiger partial charge in [0.05, 0.1) is 12.7 Å². The van der Waals surface area contributed by atoms with Crippen LogP contribution in [-0.2, 0) is 14.2 Å². The smallest absolute Gasteiger partial charge is 0.146 e. The van der Waals surface area contributed by atoms with Gasteiger partial charge in [-0.25, -0.2) is 0 Å². The van der Waals surface area contributed by atoms with Crippen molar-refractivity contribution in [2.75, 3.05) is 20.5 Å². The molecule has 3 heteroatoms. The van der Waals surface area contributed by atoms with E-state index >= 15 is 0 Å². The number of hydrogen-bond donors (Lipinski definition) is 0. The van der Waals surface area contributed by atoms with Gasteiger partial charge in [-0.15, -0.1) is 0 Å². The molecule has 1 rings (SSSR count). The summed E-state index contributed by atoms with van der Waals surface area (Å²) in [7, 11) is 1.62. The van der Waals surface area contributed by atoms with Crippen molar-refractivity contribution >= 4 is 0 Å². The highest BCUT2D eigenvalue weighted by Gasteiger charge is 2.36. The van der Waals surface area contributed by atoms with Crippen molar-refractivity contribution in [1.29, 1.82) is 0 Å². The molecule has 0 aromatic heterocycles. The second kappa shape index (κ2) is 3.91. The molecule has 0 unspecified atom stereocenters. The Kier molecular flexibility index (Phi) is 3.12. The predicted molar refractivity (Wildman–Crippen MR) is 36.8 cm³/mol. The lowest BCUT2D eigenvalue weighted by Gasteiger charge is -1.97. The van der Waals surface area contributed by atoms with E-state index in [2.05, 4.69) is 6.92 Å². The van der Waals surface area contributed by atoms with Crippen molar-refractivity contribution in [3.63, 3.8) is 0 Å². The van der Waals surface area contributed by atoms with Gasteiger partial charge in [0.25, 0.3) is 0 Å². The van der Waals surface area contributed by atoms with Crippen LogP contribution in [0.4, 0.5) is 0 Å². The summed E-state index contributed by atoms with van der Waals surface area (Å²) >= 11 is 0. The van der Waals surface area contributed by atoms with Gasteiger partial charge in [0.1, 0.15) is 12.9 Å². The van der Waals surface area contributed by atoms with Gasteiger partial charge in [0, 0.05) is 7.11 Å². The molecule has 0 aromatic rings. The molecule has 0 N–H and O–H groups in total. The van der Waals surface area contributed by atoms with Crippen LogP contribution in [0.2, 0.25) is 0 Å². The minimum absolute atomic E-state index is 0.333. The summed E-state index contributed by atoms with van der Waals surface area (Å²) in [4.78, 5) is 0. The highest BCUT2D eigenvalue weighted by molar-refractivity contribution is 4.82. The zero-order valence-electron chi connectivity index (χ0n) is 6.50. The Hall–Kier alpha value is -0.120. The van der Waals surface area contributed by atoms with Crippen molar-refractivity contribution in [1.82, 2.24) is 0 Å². The third-order valence-corrected chi connectivity index (χ3v) is 1.57. The summed E-state index contributed by atoms with van der Waals surface area (Å²) in [6.07, 6.45) is 1.86. The lowest BCUT2D eigenvalue weighted by Crippen LogP contribution is -2.06. The first-order valence-corrected chi connectivity index (χ1v) is 3.60. The Morgan fingerprint density at radius 3 is 2.70 bits per heavy atom. The van der Waals surface area contributed by atoms with Gasteiger partial charge in [-0.05, 0) is 6.42 Å². The minimum Gasteiger partial charge on any atom is -0.367 e. The Morgan fingerprint density at radius 2 is 2.20 bits per heavy atom. The molecular weight excluding hydrogens is 132 g/mol. The zero-order chi connectivity index (χ0) is 7.40. The molecule has 1 aliphatic rings. The molecule has 0 radical (unpaired) electrons. The summed E-state index contributed by atoms with van der Waals surface area (Å²) in [6, 6.07) is 0. The lowest BCUT2D eigenvalue weighted by molar-refractivity contribution is -0.0351. The molecule has 1 heterocycles. The van der Waals surface area contributed by atoms with E-state index in [1.807, 2.05) is 0 Å². The van der Waals surface area contributed by atoms with Crippen LogP contribution in [0.25, 0.3) is 0 Å². The first-order chi connectivity index (χ1) is 4.88.